The number of hydrogen-bond donors (Lipinski definition) is 1. The van der Waals surface area contributed by atoms with Gasteiger partial charge in [-0.05, 0) is 36.2 Å². The van der Waals surface area contributed by atoms with Gasteiger partial charge in [0, 0.05) is 13.1 Å². The largest absolute Gasteiger partial charge is 0.382 e. The molecule has 114 valence electrons. The lowest BCUT2D eigenvalue weighted by atomic mass is 9.82. The minimum atomic E-state index is -3.32. The maximum absolute atomic E-state index is 12.2. The maximum Gasteiger partial charge on any atom is 0.184 e. The second kappa shape index (κ2) is 5.52. The van der Waals surface area contributed by atoms with E-state index in [4.69, 9.17) is 5.73 Å². The van der Waals surface area contributed by atoms with Crippen LogP contribution in [0.2, 0.25) is 0 Å². The summed E-state index contributed by atoms with van der Waals surface area (Å²) in [6.07, 6.45) is 3.33. The summed E-state index contributed by atoms with van der Waals surface area (Å²) < 4.78 is 28.5. The monoisotopic (exact) mass is 317 g/mol. The lowest BCUT2D eigenvalue weighted by Crippen LogP contribution is -2.26. The van der Waals surface area contributed by atoms with Crippen molar-refractivity contribution in [2.75, 3.05) is 29.5 Å². The molecule has 0 aromatic carbocycles. The Kier molecular flexibility index (Phi) is 4.30. The quantitative estimate of drug-likeness (QED) is 0.903. The maximum atomic E-state index is 12.2. The average Bonchev–Trinajstić information content (AvgIpc) is 3.03. The van der Waals surface area contributed by atoms with Gasteiger partial charge in [-0.3, -0.25) is 0 Å². The van der Waals surface area contributed by atoms with Crippen LogP contribution in [0, 0.1) is 5.41 Å². The van der Waals surface area contributed by atoms with E-state index < -0.39 is 9.84 Å². The molecule has 0 spiro atoms. The van der Waals surface area contributed by atoms with Crippen LogP contribution in [-0.4, -0.2) is 31.6 Å². The summed E-state index contributed by atoms with van der Waals surface area (Å²) >= 11 is 1.21. The zero-order valence-corrected chi connectivity index (χ0v) is 14.0. The number of aromatic nitrogens is 1. The van der Waals surface area contributed by atoms with Crippen molar-refractivity contribution in [3.8, 4) is 0 Å². The van der Waals surface area contributed by atoms with Gasteiger partial charge in [0.1, 0.15) is 9.90 Å². The van der Waals surface area contributed by atoms with Crippen molar-refractivity contribution in [3.63, 3.8) is 0 Å². The van der Waals surface area contributed by atoms with Crippen LogP contribution in [0.3, 0.4) is 0 Å². The van der Waals surface area contributed by atoms with Crippen molar-refractivity contribution in [1.29, 1.82) is 0 Å². The van der Waals surface area contributed by atoms with Crippen LogP contribution in [0.1, 0.15) is 40.0 Å². The van der Waals surface area contributed by atoms with E-state index in [1.807, 2.05) is 0 Å². The van der Waals surface area contributed by atoms with E-state index in [-0.39, 0.29) is 16.5 Å². The molecule has 1 fully saturated rings. The third-order valence-corrected chi connectivity index (χ3v) is 7.41. The Morgan fingerprint density at radius 2 is 2.00 bits per heavy atom. The van der Waals surface area contributed by atoms with E-state index in [2.05, 4.69) is 23.1 Å². The predicted octanol–water partition coefficient (Wildman–Crippen LogP) is 2.54. The van der Waals surface area contributed by atoms with Gasteiger partial charge in [0.05, 0.1) is 5.75 Å². The topological polar surface area (TPSA) is 76.3 Å². The first-order valence-corrected chi connectivity index (χ1v) is 9.54. The standard InChI is InChI=1S/C13H23N3O2S2/c1-4-13(5-2)7-8-16(9-13)12-10(11(14)15-19-12)20(17,18)6-3/h4-9H2,1-3H3,(H2,14,15). The summed E-state index contributed by atoms with van der Waals surface area (Å²) in [7, 11) is -3.32. The molecule has 0 aliphatic carbocycles. The highest BCUT2D eigenvalue weighted by atomic mass is 32.2. The molecule has 0 atom stereocenters. The molecule has 0 bridgehead atoms. The first kappa shape index (κ1) is 15.6. The van der Waals surface area contributed by atoms with Crippen molar-refractivity contribution in [2.24, 2.45) is 5.41 Å². The normalized spacial score (nSPS) is 18.6. The first-order chi connectivity index (χ1) is 9.39. The molecule has 1 aromatic rings. The molecule has 20 heavy (non-hydrogen) atoms. The van der Waals surface area contributed by atoms with E-state index in [1.165, 1.54) is 11.5 Å². The molecule has 7 heteroatoms. The van der Waals surface area contributed by atoms with Gasteiger partial charge in [0.2, 0.25) is 0 Å². The number of sulfone groups is 1. The fourth-order valence-corrected chi connectivity index (χ4v) is 5.19. The fourth-order valence-electron chi connectivity index (χ4n) is 2.86. The van der Waals surface area contributed by atoms with Gasteiger partial charge in [-0.25, -0.2) is 8.42 Å². The number of hydrogen-bond acceptors (Lipinski definition) is 6. The number of nitrogens with zero attached hydrogens (tertiary/aromatic N) is 2. The Labute approximate surface area is 125 Å². The van der Waals surface area contributed by atoms with E-state index in [9.17, 15) is 8.42 Å². The molecule has 0 amide bonds. The third-order valence-electron chi connectivity index (χ3n) is 4.57. The van der Waals surface area contributed by atoms with Crippen LogP contribution in [0.4, 0.5) is 10.8 Å². The summed E-state index contributed by atoms with van der Waals surface area (Å²) in [5.41, 5.74) is 6.09. The first-order valence-electron chi connectivity index (χ1n) is 7.12. The Morgan fingerprint density at radius 1 is 1.35 bits per heavy atom. The lowest BCUT2D eigenvalue weighted by Gasteiger charge is -2.26. The molecular weight excluding hydrogens is 294 g/mol. The summed E-state index contributed by atoms with van der Waals surface area (Å²) in [6, 6.07) is 0. The highest BCUT2D eigenvalue weighted by molar-refractivity contribution is 7.91. The molecule has 1 aromatic heterocycles. The predicted molar refractivity (Wildman–Crippen MR) is 84.1 cm³/mol. The molecule has 2 heterocycles. The summed E-state index contributed by atoms with van der Waals surface area (Å²) in [5.74, 6) is 0.209. The van der Waals surface area contributed by atoms with Gasteiger partial charge in [0.25, 0.3) is 0 Å². The van der Waals surface area contributed by atoms with Gasteiger partial charge in [-0.2, -0.15) is 4.37 Å². The second-order valence-electron chi connectivity index (χ2n) is 5.48. The Hall–Kier alpha value is -0.820. The highest BCUT2D eigenvalue weighted by Gasteiger charge is 2.38. The molecule has 5 nitrogen and oxygen atoms in total. The zero-order chi connectivity index (χ0) is 15.0. The molecular formula is C13H23N3O2S2. The van der Waals surface area contributed by atoms with E-state index in [0.29, 0.717) is 5.41 Å². The molecule has 0 radical (unpaired) electrons. The minimum absolute atomic E-state index is 0.0587. The number of nitrogen functional groups attached to an aromatic ring is 1. The fraction of sp³-hybridized carbons (Fsp3) is 0.769. The van der Waals surface area contributed by atoms with Crippen LogP contribution < -0.4 is 10.6 Å². The molecule has 2 N–H and O–H groups in total. The zero-order valence-electron chi connectivity index (χ0n) is 12.3. The molecule has 2 rings (SSSR count). The van der Waals surface area contributed by atoms with Crippen LogP contribution in [0.5, 0.6) is 0 Å². The molecule has 1 aliphatic heterocycles. The summed E-state index contributed by atoms with van der Waals surface area (Å²) in [5, 5.41) is 0.730. The Balaban J connectivity index is 2.37. The van der Waals surface area contributed by atoms with E-state index in [1.54, 1.807) is 6.92 Å². The van der Waals surface area contributed by atoms with Gasteiger partial charge in [-0.15, -0.1) is 0 Å². The Bertz CT molecular complexity index is 576. The summed E-state index contributed by atoms with van der Waals surface area (Å²) in [6.45, 7) is 7.83. The van der Waals surface area contributed by atoms with Crippen molar-refractivity contribution in [1.82, 2.24) is 4.37 Å². The van der Waals surface area contributed by atoms with Gasteiger partial charge >= 0.3 is 0 Å². The number of anilines is 2. The average molecular weight is 317 g/mol. The van der Waals surface area contributed by atoms with Crippen molar-refractivity contribution in [2.45, 2.75) is 44.9 Å². The second-order valence-corrected chi connectivity index (χ2v) is 8.45. The minimum Gasteiger partial charge on any atom is -0.382 e. The van der Waals surface area contributed by atoms with Crippen LogP contribution >= 0.6 is 11.5 Å². The Morgan fingerprint density at radius 3 is 2.50 bits per heavy atom. The molecule has 0 saturated carbocycles. The van der Waals surface area contributed by atoms with Crippen LogP contribution in [0.25, 0.3) is 0 Å². The van der Waals surface area contributed by atoms with Crippen molar-refractivity contribution in [3.05, 3.63) is 0 Å². The number of nitrogens with two attached hydrogens (primary N) is 1. The van der Waals surface area contributed by atoms with Crippen molar-refractivity contribution < 1.29 is 8.42 Å². The van der Waals surface area contributed by atoms with Gasteiger partial charge in [-0.1, -0.05) is 20.8 Å². The van der Waals surface area contributed by atoms with E-state index >= 15 is 0 Å². The molecule has 1 saturated heterocycles. The van der Waals surface area contributed by atoms with Gasteiger partial charge < -0.3 is 10.6 Å². The van der Waals surface area contributed by atoms with Crippen LogP contribution in [0.15, 0.2) is 4.90 Å². The smallest absolute Gasteiger partial charge is 0.184 e. The third kappa shape index (κ3) is 2.53. The molecule has 0 unspecified atom stereocenters. The molecule has 1 aliphatic rings. The highest BCUT2D eigenvalue weighted by Crippen LogP contribution is 2.43. The number of rotatable bonds is 5. The summed E-state index contributed by atoms with van der Waals surface area (Å²) in [4.78, 5) is 2.40. The van der Waals surface area contributed by atoms with Gasteiger partial charge in [0.15, 0.2) is 15.7 Å². The SMILES string of the molecule is CCC1(CC)CCN(c2snc(N)c2S(=O)(=O)CC)C1. The van der Waals surface area contributed by atoms with E-state index in [0.717, 1.165) is 37.4 Å². The van der Waals surface area contributed by atoms with Crippen LogP contribution in [-0.2, 0) is 9.84 Å². The lowest BCUT2D eigenvalue weighted by molar-refractivity contribution is 0.301. The van der Waals surface area contributed by atoms with Crippen molar-refractivity contribution >= 4 is 32.2 Å².